The number of methoxy groups -OCH3 is 1. The first kappa shape index (κ1) is 19.4. The lowest BCUT2D eigenvalue weighted by Crippen LogP contribution is -2.14. The number of thiophene rings is 1. The van der Waals surface area contributed by atoms with E-state index in [4.69, 9.17) is 4.74 Å². The molecular formula is C19H22N4O2S2. The number of nitrogens with zero attached hydrogens (tertiary/aromatic N) is 3. The molecule has 1 N–H and O–H groups in total. The molecule has 27 heavy (non-hydrogen) atoms. The third kappa shape index (κ3) is 4.90. The average molecular weight is 403 g/mol. The van der Waals surface area contributed by atoms with Crippen LogP contribution in [0, 0.1) is 0 Å². The number of amides is 1. The van der Waals surface area contributed by atoms with Crippen molar-refractivity contribution < 1.29 is 9.53 Å². The number of benzene rings is 1. The highest BCUT2D eigenvalue weighted by atomic mass is 32.2. The van der Waals surface area contributed by atoms with E-state index in [0.29, 0.717) is 0 Å². The number of carbonyl (C=O) groups is 1. The number of hydrogen-bond donors (Lipinski definition) is 1. The van der Waals surface area contributed by atoms with E-state index in [0.717, 1.165) is 40.8 Å². The van der Waals surface area contributed by atoms with Gasteiger partial charge in [-0.05, 0) is 36.8 Å². The molecule has 1 aromatic carbocycles. The largest absolute Gasteiger partial charge is 0.497 e. The van der Waals surface area contributed by atoms with Crippen molar-refractivity contribution in [2.24, 2.45) is 7.05 Å². The summed E-state index contributed by atoms with van der Waals surface area (Å²) in [7, 11) is 3.54. The van der Waals surface area contributed by atoms with Crippen molar-refractivity contribution in [3.8, 4) is 17.1 Å². The predicted octanol–water partition coefficient (Wildman–Crippen LogP) is 4.24. The third-order valence-corrected chi connectivity index (χ3v) is 5.97. The maximum Gasteiger partial charge on any atom is 0.234 e. The van der Waals surface area contributed by atoms with Gasteiger partial charge >= 0.3 is 0 Å². The number of carbonyl (C=O) groups excluding carboxylic acids is 1. The molecule has 2 heterocycles. The fraction of sp³-hybridized carbons (Fsp3) is 0.316. The maximum absolute atomic E-state index is 12.2. The fourth-order valence-corrected chi connectivity index (χ4v) is 4.25. The van der Waals surface area contributed by atoms with Crippen LogP contribution in [0.3, 0.4) is 0 Å². The molecule has 0 aliphatic carbocycles. The Kier molecular flexibility index (Phi) is 6.52. The van der Waals surface area contributed by atoms with Gasteiger partial charge in [-0.25, -0.2) is 0 Å². The number of nitrogens with one attached hydrogen (secondary N) is 1. The molecule has 3 rings (SSSR count). The van der Waals surface area contributed by atoms with Gasteiger partial charge < -0.3 is 14.6 Å². The SMILES string of the molecule is CCCc1cc(-c2nnc(SCC(=O)Nc3ccc(OC)cc3)n2C)cs1. The van der Waals surface area contributed by atoms with E-state index in [2.05, 4.69) is 33.9 Å². The smallest absolute Gasteiger partial charge is 0.234 e. The van der Waals surface area contributed by atoms with E-state index < -0.39 is 0 Å². The summed E-state index contributed by atoms with van der Waals surface area (Å²) >= 11 is 3.12. The van der Waals surface area contributed by atoms with Gasteiger partial charge in [0.2, 0.25) is 5.91 Å². The molecule has 2 aromatic heterocycles. The van der Waals surface area contributed by atoms with Gasteiger partial charge in [-0.1, -0.05) is 25.1 Å². The lowest BCUT2D eigenvalue weighted by molar-refractivity contribution is -0.113. The van der Waals surface area contributed by atoms with Crippen LogP contribution in [-0.4, -0.2) is 33.5 Å². The van der Waals surface area contributed by atoms with E-state index in [1.54, 1.807) is 18.4 Å². The predicted molar refractivity (Wildman–Crippen MR) is 111 cm³/mol. The Balaban J connectivity index is 1.59. The molecule has 8 heteroatoms. The Labute approximate surface area is 167 Å². The molecule has 3 aromatic rings. The van der Waals surface area contributed by atoms with Crippen molar-refractivity contribution in [3.63, 3.8) is 0 Å². The van der Waals surface area contributed by atoms with Gasteiger partial charge in [0.25, 0.3) is 0 Å². The van der Waals surface area contributed by atoms with Crippen LogP contribution in [0.15, 0.2) is 40.9 Å². The van der Waals surface area contributed by atoms with Crippen molar-refractivity contribution in [3.05, 3.63) is 40.6 Å². The Bertz CT molecular complexity index is 903. The van der Waals surface area contributed by atoms with Gasteiger partial charge in [0.15, 0.2) is 11.0 Å². The Morgan fingerprint density at radius 2 is 2.07 bits per heavy atom. The lowest BCUT2D eigenvalue weighted by atomic mass is 10.2. The number of thioether (sulfide) groups is 1. The van der Waals surface area contributed by atoms with Crippen LogP contribution in [-0.2, 0) is 18.3 Å². The molecule has 6 nitrogen and oxygen atoms in total. The van der Waals surface area contributed by atoms with Crippen molar-refractivity contribution >= 4 is 34.7 Å². The van der Waals surface area contributed by atoms with Gasteiger partial charge in [-0.15, -0.1) is 21.5 Å². The van der Waals surface area contributed by atoms with Gasteiger partial charge in [0.05, 0.1) is 12.9 Å². The number of hydrogen-bond acceptors (Lipinski definition) is 6. The first-order valence-corrected chi connectivity index (χ1v) is 10.5. The summed E-state index contributed by atoms with van der Waals surface area (Å²) in [5, 5.41) is 14.2. The minimum absolute atomic E-state index is 0.0875. The summed E-state index contributed by atoms with van der Waals surface area (Å²) in [5.41, 5.74) is 1.81. The summed E-state index contributed by atoms with van der Waals surface area (Å²) in [6, 6.07) is 9.41. The Morgan fingerprint density at radius 1 is 1.30 bits per heavy atom. The van der Waals surface area contributed by atoms with Crippen LogP contribution in [0.5, 0.6) is 5.75 Å². The molecule has 142 valence electrons. The number of rotatable bonds is 8. The highest BCUT2D eigenvalue weighted by Gasteiger charge is 2.14. The number of aromatic nitrogens is 3. The summed E-state index contributed by atoms with van der Waals surface area (Å²) in [6.07, 6.45) is 2.21. The molecule has 1 amide bonds. The molecule has 0 radical (unpaired) electrons. The van der Waals surface area contributed by atoms with Crippen molar-refractivity contribution in [1.82, 2.24) is 14.8 Å². The number of anilines is 1. The minimum Gasteiger partial charge on any atom is -0.497 e. The first-order valence-electron chi connectivity index (χ1n) is 8.64. The minimum atomic E-state index is -0.0875. The van der Waals surface area contributed by atoms with Gasteiger partial charge in [-0.3, -0.25) is 4.79 Å². The molecule has 0 bridgehead atoms. The zero-order valence-corrected chi connectivity index (χ0v) is 17.2. The summed E-state index contributed by atoms with van der Waals surface area (Å²) in [4.78, 5) is 13.5. The van der Waals surface area contributed by atoms with E-state index in [1.807, 2.05) is 35.9 Å². The van der Waals surface area contributed by atoms with E-state index >= 15 is 0 Å². The van der Waals surface area contributed by atoms with E-state index in [-0.39, 0.29) is 11.7 Å². The van der Waals surface area contributed by atoms with Crippen LogP contribution in [0.1, 0.15) is 18.2 Å². The summed E-state index contributed by atoms with van der Waals surface area (Å²) in [5.74, 6) is 1.76. The molecular weight excluding hydrogens is 380 g/mol. The van der Waals surface area contributed by atoms with E-state index in [1.165, 1.54) is 16.6 Å². The van der Waals surface area contributed by atoms with Crippen molar-refractivity contribution in [2.75, 3.05) is 18.2 Å². The van der Waals surface area contributed by atoms with E-state index in [9.17, 15) is 4.79 Å². The molecule has 0 saturated carbocycles. The third-order valence-electron chi connectivity index (χ3n) is 3.95. The molecule has 0 spiro atoms. The summed E-state index contributed by atoms with van der Waals surface area (Å²) in [6.45, 7) is 2.17. The fourth-order valence-electron chi connectivity index (χ4n) is 2.57. The zero-order valence-electron chi connectivity index (χ0n) is 15.6. The highest BCUT2D eigenvalue weighted by molar-refractivity contribution is 7.99. The Morgan fingerprint density at radius 3 is 2.78 bits per heavy atom. The molecule has 0 fully saturated rings. The number of ether oxygens (including phenoxy) is 1. The molecule has 0 aliphatic rings. The first-order chi connectivity index (χ1) is 13.1. The van der Waals surface area contributed by atoms with Crippen LogP contribution >= 0.6 is 23.1 Å². The normalized spacial score (nSPS) is 10.8. The van der Waals surface area contributed by atoms with Gasteiger partial charge in [0, 0.05) is 28.6 Å². The molecule has 0 atom stereocenters. The lowest BCUT2D eigenvalue weighted by Gasteiger charge is -2.06. The highest BCUT2D eigenvalue weighted by Crippen LogP contribution is 2.27. The van der Waals surface area contributed by atoms with Crippen LogP contribution < -0.4 is 10.1 Å². The molecule has 0 unspecified atom stereocenters. The van der Waals surface area contributed by atoms with Crippen LogP contribution in [0.4, 0.5) is 5.69 Å². The maximum atomic E-state index is 12.2. The van der Waals surface area contributed by atoms with Crippen LogP contribution in [0.2, 0.25) is 0 Å². The molecule has 0 aliphatic heterocycles. The average Bonchev–Trinajstić information content (AvgIpc) is 3.27. The van der Waals surface area contributed by atoms with Crippen molar-refractivity contribution in [2.45, 2.75) is 24.9 Å². The second-order valence-corrected chi connectivity index (χ2v) is 7.92. The standard InChI is InChI=1S/C19H22N4O2S2/c1-4-5-16-10-13(11-26-16)18-21-22-19(23(18)2)27-12-17(24)20-14-6-8-15(25-3)9-7-14/h6-11H,4-5,12H2,1-3H3,(H,20,24). The quantitative estimate of drug-likeness (QED) is 0.571. The topological polar surface area (TPSA) is 69.0 Å². The Hall–Kier alpha value is -2.32. The second-order valence-electron chi connectivity index (χ2n) is 5.98. The zero-order chi connectivity index (χ0) is 19.2. The van der Waals surface area contributed by atoms with Crippen LogP contribution in [0.25, 0.3) is 11.4 Å². The molecule has 0 saturated heterocycles. The monoisotopic (exact) mass is 402 g/mol. The number of aryl methyl sites for hydroxylation is 1. The van der Waals surface area contributed by atoms with Crippen molar-refractivity contribution in [1.29, 1.82) is 0 Å². The second kappa shape index (κ2) is 9.05. The summed E-state index contributed by atoms with van der Waals surface area (Å²) < 4.78 is 7.05. The van der Waals surface area contributed by atoms with Gasteiger partial charge in [-0.2, -0.15) is 0 Å². The van der Waals surface area contributed by atoms with Gasteiger partial charge in [0.1, 0.15) is 5.75 Å².